The van der Waals surface area contributed by atoms with Gasteiger partial charge in [-0.15, -0.1) is 0 Å². The lowest BCUT2D eigenvalue weighted by Gasteiger charge is -2.10. The summed E-state index contributed by atoms with van der Waals surface area (Å²) in [4.78, 5) is 23.6. The molecular weight excluding hydrogens is 320 g/mol. The van der Waals surface area contributed by atoms with Gasteiger partial charge in [-0.2, -0.15) is 5.26 Å². The zero-order chi connectivity index (χ0) is 18.0. The molecule has 0 N–H and O–H groups in total. The van der Waals surface area contributed by atoms with Crippen LogP contribution in [-0.4, -0.2) is 11.2 Å². The molecule has 25 heavy (non-hydrogen) atoms. The maximum Gasteiger partial charge on any atom is 0.336 e. The molecule has 3 rings (SSSR count). The van der Waals surface area contributed by atoms with Crippen LogP contribution >= 0.6 is 0 Å². The highest BCUT2D eigenvalue weighted by Gasteiger charge is 2.07. The number of hydrogen-bond acceptors (Lipinski definition) is 5. The van der Waals surface area contributed by atoms with Crippen molar-refractivity contribution in [3.63, 3.8) is 0 Å². The number of aryl methyl sites for hydroxylation is 2. The fourth-order valence-corrected chi connectivity index (χ4v) is 2.63. The average molecular weight is 336 g/mol. The largest absolute Gasteiger partial charge is 0.492 e. The second-order valence-corrected chi connectivity index (χ2v) is 5.74. The molecule has 0 saturated carbocycles. The summed E-state index contributed by atoms with van der Waals surface area (Å²) in [6.45, 7) is 4.13. The number of fused-ring (bicyclic) bond motifs is 1. The molecule has 2 heterocycles. The molecule has 0 unspecified atom stereocenters. The smallest absolute Gasteiger partial charge is 0.336 e. The summed E-state index contributed by atoms with van der Waals surface area (Å²) in [5, 5.41) is 9.89. The van der Waals surface area contributed by atoms with Crippen LogP contribution in [0.15, 0.2) is 50.5 Å². The van der Waals surface area contributed by atoms with Crippen molar-refractivity contribution >= 4 is 11.0 Å². The van der Waals surface area contributed by atoms with E-state index in [4.69, 9.17) is 14.4 Å². The highest BCUT2D eigenvalue weighted by Crippen LogP contribution is 2.22. The summed E-state index contributed by atoms with van der Waals surface area (Å²) in [6.07, 6.45) is 1.64. The number of rotatable bonds is 4. The van der Waals surface area contributed by atoms with Gasteiger partial charge in [0.15, 0.2) is 0 Å². The molecule has 3 aromatic rings. The van der Waals surface area contributed by atoms with E-state index in [2.05, 4.69) is 0 Å². The summed E-state index contributed by atoms with van der Waals surface area (Å²) >= 11 is 0. The van der Waals surface area contributed by atoms with Gasteiger partial charge in [0.05, 0.1) is 6.54 Å². The highest BCUT2D eigenvalue weighted by molar-refractivity contribution is 5.81. The first kappa shape index (κ1) is 16.5. The summed E-state index contributed by atoms with van der Waals surface area (Å²) in [7, 11) is 0. The van der Waals surface area contributed by atoms with E-state index in [0.717, 1.165) is 10.9 Å². The van der Waals surface area contributed by atoms with Crippen molar-refractivity contribution in [2.45, 2.75) is 20.4 Å². The predicted molar refractivity (Wildman–Crippen MR) is 92.9 cm³/mol. The number of hydrogen-bond donors (Lipinski definition) is 0. The van der Waals surface area contributed by atoms with Gasteiger partial charge in [0.2, 0.25) is 0 Å². The van der Waals surface area contributed by atoms with Crippen LogP contribution in [0.1, 0.15) is 16.7 Å². The van der Waals surface area contributed by atoms with Gasteiger partial charge in [-0.25, -0.2) is 4.79 Å². The minimum atomic E-state index is -0.405. The Bertz CT molecular complexity index is 1100. The van der Waals surface area contributed by atoms with Gasteiger partial charge in [-0.05, 0) is 43.2 Å². The normalized spacial score (nSPS) is 10.6. The van der Waals surface area contributed by atoms with Crippen LogP contribution in [0.5, 0.6) is 5.75 Å². The van der Waals surface area contributed by atoms with Crippen molar-refractivity contribution < 1.29 is 9.15 Å². The Morgan fingerprint density at radius 2 is 1.96 bits per heavy atom. The van der Waals surface area contributed by atoms with Crippen molar-refractivity contribution in [2.75, 3.05) is 6.61 Å². The van der Waals surface area contributed by atoms with Crippen LogP contribution in [0.4, 0.5) is 0 Å². The van der Waals surface area contributed by atoms with E-state index in [9.17, 15) is 9.59 Å². The van der Waals surface area contributed by atoms with Crippen LogP contribution in [0, 0.1) is 25.2 Å². The first-order chi connectivity index (χ1) is 12.0. The topological polar surface area (TPSA) is 85.2 Å². The van der Waals surface area contributed by atoms with Crippen molar-refractivity contribution in [1.82, 2.24) is 4.57 Å². The molecule has 0 bridgehead atoms. The second-order valence-electron chi connectivity index (χ2n) is 5.74. The molecular formula is C19H16N2O4. The van der Waals surface area contributed by atoms with Crippen LogP contribution < -0.4 is 15.9 Å². The molecule has 0 amide bonds. The summed E-state index contributed by atoms with van der Waals surface area (Å²) in [5.41, 5.74) is 1.37. The fourth-order valence-electron chi connectivity index (χ4n) is 2.63. The van der Waals surface area contributed by atoms with Gasteiger partial charge in [0.25, 0.3) is 5.56 Å². The van der Waals surface area contributed by atoms with Crippen LogP contribution in [0.3, 0.4) is 0 Å². The van der Waals surface area contributed by atoms with Crippen LogP contribution in [0.25, 0.3) is 11.0 Å². The first-order valence-electron chi connectivity index (χ1n) is 7.77. The fraction of sp³-hybridized carbons (Fsp3) is 0.211. The zero-order valence-electron chi connectivity index (χ0n) is 13.9. The number of ether oxygens (including phenoxy) is 1. The minimum absolute atomic E-state index is 0.144. The Hall–Kier alpha value is -3.33. The number of nitrogens with zero attached hydrogens (tertiary/aromatic N) is 2. The van der Waals surface area contributed by atoms with Crippen LogP contribution in [0.2, 0.25) is 0 Å². The number of aromatic nitrogens is 1. The van der Waals surface area contributed by atoms with Gasteiger partial charge in [0.1, 0.15) is 29.6 Å². The van der Waals surface area contributed by atoms with E-state index in [-0.39, 0.29) is 17.7 Å². The first-order valence-corrected chi connectivity index (χ1v) is 7.77. The van der Waals surface area contributed by atoms with E-state index in [1.807, 2.05) is 19.1 Å². The Labute approximate surface area is 143 Å². The Kier molecular flexibility index (Phi) is 4.40. The Balaban J connectivity index is 1.77. The molecule has 1 aromatic carbocycles. The predicted octanol–water partition coefficient (Wildman–Crippen LogP) is 2.52. The molecule has 0 aliphatic heterocycles. The molecule has 0 spiro atoms. The maximum atomic E-state index is 12.1. The SMILES string of the molecule is Cc1ccn(CCOc2ccc3c(C)cc(=O)oc3c2)c(=O)c1C#N. The molecule has 6 nitrogen and oxygen atoms in total. The van der Waals surface area contributed by atoms with Crippen molar-refractivity contribution in [3.05, 3.63) is 74.0 Å². The van der Waals surface area contributed by atoms with Crippen LogP contribution in [-0.2, 0) is 6.54 Å². The second kappa shape index (κ2) is 6.65. The third-order valence-corrected chi connectivity index (χ3v) is 4.01. The lowest BCUT2D eigenvalue weighted by atomic mass is 10.1. The van der Waals surface area contributed by atoms with E-state index < -0.39 is 5.63 Å². The molecule has 0 aliphatic rings. The molecule has 126 valence electrons. The molecule has 0 fully saturated rings. The molecule has 0 aliphatic carbocycles. The lowest BCUT2D eigenvalue weighted by Crippen LogP contribution is -2.25. The van der Waals surface area contributed by atoms with Gasteiger partial charge in [-0.1, -0.05) is 0 Å². The molecule has 0 radical (unpaired) electrons. The van der Waals surface area contributed by atoms with E-state index in [1.54, 1.807) is 31.3 Å². The Morgan fingerprint density at radius 1 is 1.16 bits per heavy atom. The van der Waals surface area contributed by atoms with Crippen molar-refractivity contribution in [2.24, 2.45) is 0 Å². The number of benzene rings is 1. The molecule has 6 heteroatoms. The zero-order valence-corrected chi connectivity index (χ0v) is 13.9. The summed E-state index contributed by atoms with van der Waals surface area (Å²) in [6, 6.07) is 10.4. The summed E-state index contributed by atoms with van der Waals surface area (Å²) < 4.78 is 12.3. The van der Waals surface area contributed by atoms with Gasteiger partial charge < -0.3 is 13.7 Å². The van der Waals surface area contributed by atoms with Gasteiger partial charge in [0, 0.05) is 23.7 Å². The highest BCUT2D eigenvalue weighted by atomic mass is 16.5. The third-order valence-electron chi connectivity index (χ3n) is 4.01. The molecule has 0 saturated heterocycles. The standard InChI is InChI=1S/C19H16N2O4/c1-12-5-6-21(19(23)16(12)11-20)7-8-24-14-3-4-15-13(2)9-18(22)25-17(15)10-14/h3-6,9-10H,7-8H2,1-2H3. The number of pyridine rings is 1. The quantitative estimate of drug-likeness (QED) is 0.683. The minimum Gasteiger partial charge on any atom is -0.492 e. The van der Waals surface area contributed by atoms with E-state index in [1.165, 1.54) is 10.6 Å². The lowest BCUT2D eigenvalue weighted by molar-refractivity contribution is 0.296. The monoisotopic (exact) mass is 336 g/mol. The van der Waals surface area contributed by atoms with Gasteiger partial charge >= 0.3 is 5.63 Å². The van der Waals surface area contributed by atoms with E-state index >= 15 is 0 Å². The van der Waals surface area contributed by atoms with Crippen molar-refractivity contribution in [3.8, 4) is 11.8 Å². The van der Waals surface area contributed by atoms with Gasteiger partial charge in [-0.3, -0.25) is 4.79 Å². The third kappa shape index (κ3) is 3.31. The maximum absolute atomic E-state index is 12.1. The number of nitriles is 1. The molecule has 0 atom stereocenters. The molecule has 2 aromatic heterocycles. The van der Waals surface area contributed by atoms with E-state index in [0.29, 0.717) is 23.4 Å². The Morgan fingerprint density at radius 3 is 2.72 bits per heavy atom. The summed E-state index contributed by atoms with van der Waals surface area (Å²) in [5.74, 6) is 0.543. The average Bonchev–Trinajstić information content (AvgIpc) is 2.57. The van der Waals surface area contributed by atoms with Crippen molar-refractivity contribution in [1.29, 1.82) is 5.26 Å².